The van der Waals surface area contributed by atoms with Crippen LogP contribution in [-0.4, -0.2) is 17.7 Å². The molecule has 1 aromatic heterocycles. The Bertz CT molecular complexity index is 1120. The molecule has 1 heterocycles. The van der Waals surface area contributed by atoms with E-state index in [1.807, 2.05) is 30.3 Å². The van der Waals surface area contributed by atoms with Gasteiger partial charge in [0.1, 0.15) is 5.00 Å². The lowest BCUT2D eigenvalue weighted by Crippen LogP contribution is -2.22. The number of ether oxygens (including phenoxy) is 1. The van der Waals surface area contributed by atoms with Crippen LogP contribution in [0.5, 0.6) is 0 Å². The topological polar surface area (TPSA) is 50.4 Å². The third-order valence-electron chi connectivity index (χ3n) is 4.26. The minimum atomic E-state index is -4.62. The van der Waals surface area contributed by atoms with Crippen LogP contribution in [0.1, 0.15) is 33.3 Å². The second-order valence-corrected chi connectivity index (χ2v) is 8.59. The first-order valence-electron chi connectivity index (χ1n) is 9.46. The first kappa shape index (κ1) is 24.0. The van der Waals surface area contributed by atoms with Crippen LogP contribution in [0, 0.1) is 0 Å². The van der Waals surface area contributed by atoms with Gasteiger partial charge in [0.15, 0.2) is 5.11 Å². The van der Waals surface area contributed by atoms with Crippen molar-refractivity contribution >= 4 is 56.9 Å². The van der Waals surface area contributed by atoms with Crippen LogP contribution < -0.4 is 10.6 Å². The van der Waals surface area contributed by atoms with Crippen molar-refractivity contribution < 1.29 is 22.7 Å². The Morgan fingerprint density at radius 3 is 2.50 bits per heavy atom. The number of hydrogen-bond donors (Lipinski definition) is 2. The van der Waals surface area contributed by atoms with Crippen LogP contribution in [0.3, 0.4) is 0 Å². The summed E-state index contributed by atoms with van der Waals surface area (Å²) in [6.07, 6.45) is -4.04. The molecule has 0 aliphatic rings. The summed E-state index contributed by atoms with van der Waals surface area (Å²) < 4.78 is 45.2. The van der Waals surface area contributed by atoms with E-state index >= 15 is 0 Å². The van der Waals surface area contributed by atoms with Crippen molar-refractivity contribution in [1.82, 2.24) is 0 Å². The largest absolute Gasteiger partial charge is 0.462 e. The molecule has 10 heteroatoms. The minimum absolute atomic E-state index is 0.0461. The van der Waals surface area contributed by atoms with Gasteiger partial charge in [0.25, 0.3) is 0 Å². The number of alkyl halides is 3. The SMILES string of the molecule is CCOC(=O)c1cc(Cc2ccccc2)sc1NC(=S)Nc1ccc(Cl)cc1C(F)(F)F. The van der Waals surface area contributed by atoms with Gasteiger partial charge in [0.2, 0.25) is 0 Å². The summed E-state index contributed by atoms with van der Waals surface area (Å²) in [5.74, 6) is -0.546. The van der Waals surface area contributed by atoms with E-state index in [1.54, 1.807) is 13.0 Å². The van der Waals surface area contributed by atoms with Crippen molar-refractivity contribution in [3.63, 3.8) is 0 Å². The van der Waals surface area contributed by atoms with Crippen molar-refractivity contribution in [2.24, 2.45) is 0 Å². The highest BCUT2D eigenvalue weighted by atomic mass is 35.5. The molecule has 3 rings (SSSR count). The summed E-state index contributed by atoms with van der Waals surface area (Å²) in [6, 6.07) is 14.7. The van der Waals surface area contributed by atoms with Gasteiger partial charge in [-0.05, 0) is 49.0 Å². The molecule has 32 heavy (non-hydrogen) atoms. The van der Waals surface area contributed by atoms with Crippen LogP contribution in [-0.2, 0) is 17.3 Å². The third-order valence-corrected chi connectivity index (χ3v) is 5.75. The normalized spacial score (nSPS) is 11.2. The monoisotopic (exact) mass is 498 g/mol. The zero-order valence-corrected chi connectivity index (χ0v) is 19.1. The highest BCUT2D eigenvalue weighted by Crippen LogP contribution is 2.37. The second kappa shape index (κ2) is 10.3. The van der Waals surface area contributed by atoms with Crippen molar-refractivity contribution in [2.75, 3.05) is 17.2 Å². The number of carbonyl (C=O) groups excluding carboxylic acids is 1. The molecule has 3 aromatic rings. The number of carbonyl (C=O) groups is 1. The van der Waals surface area contributed by atoms with Gasteiger partial charge in [-0.2, -0.15) is 13.2 Å². The van der Waals surface area contributed by atoms with Gasteiger partial charge < -0.3 is 15.4 Å². The molecule has 2 aromatic carbocycles. The van der Waals surface area contributed by atoms with E-state index in [0.717, 1.165) is 16.5 Å². The van der Waals surface area contributed by atoms with Gasteiger partial charge in [-0.3, -0.25) is 0 Å². The Morgan fingerprint density at radius 2 is 1.84 bits per heavy atom. The standard InChI is InChI=1S/C22H18ClF3N2O2S2/c1-2-30-20(29)16-12-15(10-13-6-4-3-5-7-13)32-19(16)28-21(31)27-18-9-8-14(23)11-17(18)22(24,25)26/h3-9,11-12H,2,10H2,1H3,(H2,27,28,31). The number of nitrogens with one attached hydrogen (secondary N) is 2. The predicted octanol–water partition coefficient (Wildman–Crippen LogP) is 7.00. The van der Waals surface area contributed by atoms with E-state index in [-0.39, 0.29) is 28.0 Å². The zero-order chi connectivity index (χ0) is 23.3. The Kier molecular flexibility index (Phi) is 7.76. The van der Waals surface area contributed by atoms with E-state index in [4.69, 9.17) is 28.6 Å². The minimum Gasteiger partial charge on any atom is -0.462 e. The number of esters is 1. The smallest absolute Gasteiger partial charge is 0.418 e. The molecule has 0 aliphatic carbocycles. The van der Waals surface area contributed by atoms with Crippen LogP contribution >= 0.6 is 35.2 Å². The summed E-state index contributed by atoms with van der Waals surface area (Å²) in [6.45, 7) is 1.87. The molecule has 0 aliphatic heterocycles. The molecule has 0 radical (unpaired) electrons. The molecule has 0 saturated carbocycles. The summed E-state index contributed by atoms with van der Waals surface area (Å²) in [4.78, 5) is 13.3. The summed E-state index contributed by atoms with van der Waals surface area (Å²) in [7, 11) is 0. The molecule has 0 atom stereocenters. The van der Waals surface area contributed by atoms with Crippen LogP contribution in [0.25, 0.3) is 0 Å². The molecule has 0 fully saturated rings. The number of rotatable bonds is 6. The van der Waals surface area contributed by atoms with Crippen molar-refractivity contribution in [2.45, 2.75) is 19.5 Å². The van der Waals surface area contributed by atoms with Gasteiger partial charge in [-0.15, -0.1) is 11.3 Å². The molecule has 0 bridgehead atoms. The van der Waals surface area contributed by atoms with Crippen LogP contribution in [0.2, 0.25) is 5.02 Å². The Balaban J connectivity index is 1.84. The van der Waals surface area contributed by atoms with Gasteiger partial charge in [-0.1, -0.05) is 41.9 Å². The van der Waals surface area contributed by atoms with E-state index < -0.39 is 17.7 Å². The van der Waals surface area contributed by atoms with E-state index in [0.29, 0.717) is 11.4 Å². The Labute approximate surface area is 197 Å². The maximum atomic E-state index is 13.3. The maximum absolute atomic E-state index is 13.3. The maximum Gasteiger partial charge on any atom is 0.418 e. The lowest BCUT2D eigenvalue weighted by Gasteiger charge is -2.16. The fourth-order valence-corrected chi connectivity index (χ4v) is 4.43. The summed E-state index contributed by atoms with van der Waals surface area (Å²) >= 11 is 12.2. The number of hydrogen-bond acceptors (Lipinski definition) is 4. The highest BCUT2D eigenvalue weighted by molar-refractivity contribution is 7.80. The quantitative estimate of drug-likeness (QED) is 0.283. The molecule has 0 spiro atoms. The Hall–Kier alpha value is -2.62. The lowest BCUT2D eigenvalue weighted by molar-refractivity contribution is -0.136. The first-order chi connectivity index (χ1) is 15.2. The van der Waals surface area contributed by atoms with Gasteiger partial charge >= 0.3 is 12.1 Å². The number of thiophene rings is 1. The average molecular weight is 499 g/mol. The zero-order valence-electron chi connectivity index (χ0n) is 16.8. The number of thiocarbonyl (C=S) groups is 1. The lowest BCUT2D eigenvalue weighted by atomic mass is 10.1. The summed E-state index contributed by atoms with van der Waals surface area (Å²) in [5.41, 5.74) is 0.111. The summed E-state index contributed by atoms with van der Waals surface area (Å²) in [5, 5.41) is 5.62. The van der Waals surface area contributed by atoms with Crippen molar-refractivity contribution in [3.8, 4) is 0 Å². The van der Waals surface area contributed by atoms with E-state index in [9.17, 15) is 18.0 Å². The molecular weight excluding hydrogens is 481 g/mol. The van der Waals surface area contributed by atoms with E-state index in [2.05, 4.69) is 10.6 Å². The van der Waals surface area contributed by atoms with Crippen LogP contribution in [0.4, 0.5) is 23.9 Å². The number of benzene rings is 2. The number of halogens is 4. The molecule has 4 nitrogen and oxygen atoms in total. The van der Waals surface area contributed by atoms with Crippen molar-refractivity contribution in [1.29, 1.82) is 0 Å². The van der Waals surface area contributed by atoms with Gasteiger partial charge in [-0.25, -0.2) is 4.79 Å². The molecule has 0 saturated heterocycles. The molecule has 0 unspecified atom stereocenters. The number of anilines is 2. The predicted molar refractivity (Wildman–Crippen MR) is 126 cm³/mol. The van der Waals surface area contributed by atoms with Gasteiger partial charge in [0, 0.05) is 16.3 Å². The van der Waals surface area contributed by atoms with E-state index in [1.165, 1.54) is 23.5 Å². The molecule has 2 N–H and O–H groups in total. The fraction of sp³-hybridized carbons (Fsp3) is 0.182. The third kappa shape index (κ3) is 6.21. The van der Waals surface area contributed by atoms with Crippen LogP contribution in [0.15, 0.2) is 54.6 Å². The molecular formula is C22H18ClF3N2O2S2. The van der Waals surface area contributed by atoms with Gasteiger partial charge in [0.05, 0.1) is 23.4 Å². The highest BCUT2D eigenvalue weighted by Gasteiger charge is 2.34. The Morgan fingerprint density at radius 1 is 1.12 bits per heavy atom. The molecule has 0 amide bonds. The second-order valence-electron chi connectivity index (χ2n) is 6.61. The average Bonchev–Trinajstić information content (AvgIpc) is 3.11. The molecule has 168 valence electrons. The first-order valence-corrected chi connectivity index (χ1v) is 11.1. The fourth-order valence-electron chi connectivity index (χ4n) is 2.90. The van der Waals surface area contributed by atoms with Crippen molar-refractivity contribution in [3.05, 3.63) is 81.2 Å².